The van der Waals surface area contributed by atoms with Crippen LogP contribution in [0.2, 0.25) is 51.9 Å². The first-order chi connectivity index (χ1) is 16.6. The molecule has 1 aromatic rings. The van der Waals surface area contributed by atoms with Gasteiger partial charge in [0.2, 0.25) is 0 Å². The monoisotopic (exact) mass is 553 g/mol. The van der Waals surface area contributed by atoms with Gasteiger partial charge in [0, 0.05) is 31.9 Å². The third-order valence-electron chi connectivity index (χ3n) is 6.29. The number of carbonyl (C=O) groups is 1. The number of morpholine rings is 1. The van der Waals surface area contributed by atoms with E-state index < -0.39 is 30.7 Å². The molecule has 1 saturated heterocycles. The van der Waals surface area contributed by atoms with E-state index in [1.807, 2.05) is 26.0 Å². The van der Waals surface area contributed by atoms with Crippen molar-refractivity contribution in [3.05, 3.63) is 35.4 Å². The number of carbonyl (C=O) groups excluding carboxylic acids is 1. The minimum absolute atomic E-state index is 0.172. The zero-order chi connectivity index (χ0) is 27.0. The molecule has 1 aromatic carbocycles. The maximum Gasteiger partial charge on any atom is 0.314 e. The Morgan fingerprint density at radius 2 is 1.42 bits per heavy atom. The van der Waals surface area contributed by atoms with Crippen LogP contribution >= 0.6 is 0 Å². The Balaban J connectivity index is 1.73. The molecule has 1 heterocycles. The molecule has 0 unspecified atom stereocenters. The van der Waals surface area contributed by atoms with Gasteiger partial charge in [0.05, 0.1) is 18.8 Å². The second-order valence-electron chi connectivity index (χ2n) is 12.6. The van der Waals surface area contributed by atoms with Crippen LogP contribution in [0, 0.1) is 0 Å². The van der Waals surface area contributed by atoms with E-state index >= 15 is 0 Å². The highest BCUT2D eigenvalue weighted by atomic mass is 28.5. The van der Waals surface area contributed by atoms with Crippen LogP contribution in [0.15, 0.2) is 24.3 Å². The molecule has 0 spiro atoms. The summed E-state index contributed by atoms with van der Waals surface area (Å²) in [7, 11) is -5.48. The molecule has 1 aliphatic rings. The summed E-state index contributed by atoms with van der Waals surface area (Å²) in [4.78, 5) is 15.4. The highest BCUT2D eigenvalue weighted by Crippen LogP contribution is 2.26. The lowest BCUT2D eigenvalue weighted by Gasteiger charge is -2.39. The standard InChI is InChI=1S/C27H51NO5Si3/c1-27(2,28-17-21-31-22-18-28)26(29)25-15-13-24(14-16-25)12-10-19-30-20-11-23-36(9,32-34(3,4)5)33-35(6,7)8/h13-16H,10-12,17-23H2,1-9H3. The van der Waals surface area contributed by atoms with Crippen molar-refractivity contribution in [3.8, 4) is 0 Å². The Hall–Kier alpha value is -0.659. The maximum absolute atomic E-state index is 13.1. The van der Waals surface area contributed by atoms with Gasteiger partial charge < -0.3 is 17.7 Å². The number of Topliss-reactive ketones (excluding diaryl/α,β-unsaturated/α-hetero) is 1. The zero-order valence-corrected chi connectivity index (χ0v) is 27.4. The third-order valence-corrected chi connectivity index (χ3v) is 15.9. The van der Waals surface area contributed by atoms with Gasteiger partial charge in [0.25, 0.3) is 0 Å². The van der Waals surface area contributed by atoms with Crippen molar-refractivity contribution in [2.75, 3.05) is 39.5 Å². The van der Waals surface area contributed by atoms with E-state index in [2.05, 4.69) is 62.9 Å². The molecule has 9 heteroatoms. The second kappa shape index (κ2) is 13.4. The lowest BCUT2D eigenvalue weighted by atomic mass is 9.90. The number of ether oxygens (including phenoxy) is 2. The van der Waals surface area contributed by atoms with Crippen molar-refractivity contribution in [1.82, 2.24) is 4.90 Å². The van der Waals surface area contributed by atoms with Gasteiger partial charge in [-0.3, -0.25) is 9.69 Å². The molecule has 0 atom stereocenters. The summed E-state index contributed by atoms with van der Waals surface area (Å²) in [6, 6.07) is 9.10. The van der Waals surface area contributed by atoms with Gasteiger partial charge in [0.15, 0.2) is 22.4 Å². The average Bonchev–Trinajstić information content (AvgIpc) is 2.76. The van der Waals surface area contributed by atoms with Gasteiger partial charge in [-0.1, -0.05) is 24.3 Å². The van der Waals surface area contributed by atoms with Gasteiger partial charge >= 0.3 is 8.56 Å². The molecule has 0 aliphatic carbocycles. The van der Waals surface area contributed by atoms with Gasteiger partial charge in [-0.15, -0.1) is 0 Å². The van der Waals surface area contributed by atoms with Crippen molar-refractivity contribution in [1.29, 1.82) is 0 Å². The average molecular weight is 554 g/mol. The molecule has 0 radical (unpaired) electrons. The van der Waals surface area contributed by atoms with E-state index in [-0.39, 0.29) is 5.78 Å². The first kappa shape index (κ1) is 31.6. The van der Waals surface area contributed by atoms with Crippen molar-refractivity contribution in [2.24, 2.45) is 0 Å². The van der Waals surface area contributed by atoms with Gasteiger partial charge in [-0.25, -0.2) is 0 Å². The summed E-state index contributed by atoms with van der Waals surface area (Å²) in [6.07, 6.45) is 2.90. The summed E-state index contributed by atoms with van der Waals surface area (Å²) in [5, 5.41) is 0. The van der Waals surface area contributed by atoms with E-state index in [0.29, 0.717) is 13.2 Å². The van der Waals surface area contributed by atoms with Crippen LogP contribution in [0.1, 0.15) is 42.6 Å². The molecule has 6 nitrogen and oxygen atoms in total. The smallest absolute Gasteiger partial charge is 0.314 e. The number of nitrogens with zero attached hydrogens (tertiary/aromatic N) is 1. The quantitative estimate of drug-likeness (QED) is 0.149. The number of benzene rings is 1. The second-order valence-corrected chi connectivity index (χ2v) is 25.4. The molecule has 0 N–H and O–H groups in total. The predicted octanol–water partition coefficient (Wildman–Crippen LogP) is 6.09. The van der Waals surface area contributed by atoms with E-state index in [9.17, 15) is 4.79 Å². The van der Waals surface area contributed by atoms with E-state index in [1.54, 1.807) is 0 Å². The minimum Gasteiger partial charge on any atom is -0.437 e. The van der Waals surface area contributed by atoms with Crippen LogP contribution in [0.25, 0.3) is 0 Å². The largest absolute Gasteiger partial charge is 0.437 e. The molecule has 1 aliphatic heterocycles. The minimum atomic E-state index is -2.17. The Morgan fingerprint density at radius 1 is 0.889 bits per heavy atom. The zero-order valence-electron chi connectivity index (χ0n) is 24.4. The Bertz CT molecular complexity index is 796. The summed E-state index contributed by atoms with van der Waals surface area (Å²) in [5.41, 5.74) is 1.50. The SMILES string of the molecule is CC(C)(C(=O)c1ccc(CCCOCCC[Si](C)(O[Si](C)(C)C)O[Si](C)(C)C)cc1)N1CCOCC1. The lowest BCUT2D eigenvalue weighted by Crippen LogP contribution is -2.54. The molecular weight excluding hydrogens is 503 g/mol. The highest BCUT2D eigenvalue weighted by Gasteiger charge is 2.40. The summed E-state index contributed by atoms with van der Waals surface area (Å²) in [5.74, 6) is 0.172. The van der Waals surface area contributed by atoms with Crippen LogP contribution < -0.4 is 0 Å². The van der Waals surface area contributed by atoms with Crippen molar-refractivity contribution in [3.63, 3.8) is 0 Å². The lowest BCUT2D eigenvalue weighted by molar-refractivity contribution is -0.00430. The van der Waals surface area contributed by atoms with Crippen molar-refractivity contribution < 1.29 is 22.5 Å². The van der Waals surface area contributed by atoms with Gasteiger partial charge in [-0.05, 0) is 90.5 Å². The molecule has 36 heavy (non-hydrogen) atoms. The topological polar surface area (TPSA) is 57.2 Å². The molecule has 206 valence electrons. The number of hydrogen-bond acceptors (Lipinski definition) is 6. The summed E-state index contributed by atoms with van der Waals surface area (Å²) < 4.78 is 24.5. The molecule has 0 bridgehead atoms. The van der Waals surface area contributed by atoms with Crippen molar-refractivity contribution >= 4 is 31.0 Å². The number of aryl methyl sites for hydroxylation is 1. The number of hydrogen-bond donors (Lipinski definition) is 0. The fourth-order valence-corrected chi connectivity index (χ4v) is 17.3. The molecular formula is C27H51NO5Si3. The molecule has 0 amide bonds. The third kappa shape index (κ3) is 11.0. The molecule has 1 fully saturated rings. The highest BCUT2D eigenvalue weighted by molar-refractivity contribution is 6.87. The first-order valence-corrected chi connectivity index (χ1v) is 22.9. The van der Waals surface area contributed by atoms with Crippen LogP contribution in [0.3, 0.4) is 0 Å². The first-order valence-electron chi connectivity index (χ1n) is 13.6. The van der Waals surface area contributed by atoms with E-state index in [1.165, 1.54) is 5.56 Å². The molecule has 0 aromatic heterocycles. The van der Waals surface area contributed by atoms with E-state index in [0.717, 1.165) is 57.2 Å². The fourth-order valence-electron chi connectivity index (χ4n) is 4.84. The Labute approximate surface area is 223 Å². The van der Waals surface area contributed by atoms with Gasteiger partial charge in [0.1, 0.15) is 0 Å². The van der Waals surface area contributed by atoms with Crippen molar-refractivity contribution in [2.45, 2.75) is 90.5 Å². The summed E-state index contributed by atoms with van der Waals surface area (Å²) in [6.45, 7) is 24.2. The normalized spacial score (nSPS) is 16.4. The maximum atomic E-state index is 13.1. The Morgan fingerprint density at radius 3 is 1.94 bits per heavy atom. The number of rotatable bonds is 15. The summed E-state index contributed by atoms with van der Waals surface area (Å²) >= 11 is 0. The van der Waals surface area contributed by atoms with Crippen LogP contribution in [-0.4, -0.2) is 80.9 Å². The molecule has 0 saturated carbocycles. The van der Waals surface area contributed by atoms with E-state index in [4.69, 9.17) is 17.7 Å². The fraction of sp³-hybridized carbons (Fsp3) is 0.741. The Kier molecular flexibility index (Phi) is 11.8. The predicted molar refractivity (Wildman–Crippen MR) is 156 cm³/mol. The molecule has 2 rings (SSSR count). The van der Waals surface area contributed by atoms with Crippen LogP contribution in [-0.2, 0) is 24.1 Å². The van der Waals surface area contributed by atoms with Gasteiger partial charge in [-0.2, -0.15) is 0 Å². The van der Waals surface area contributed by atoms with Crippen LogP contribution in [0.4, 0.5) is 0 Å². The number of ketones is 1. The van der Waals surface area contributed by atoms with Crippen LogP contribution in [0.5, 0.6) is 0 Å².